The van der Waals surface area contributed by atoms with Crippen molar-refractivity contribution < 1.29 is 4.92 Å². The van der Waals surface area contributed by atoms with E-state index in [0.717, 1.165) is 42.7 Å². The number of non-ortho nitro benzene ring substituents is 1. The summed E-state index contributed by atoms with van der Waals surface area (Å²) in [7, 11) is 0. The van der Waals surface area contributed by atoms with Crippen LogP contribution in [0.25, 0.3) is 10.8 Å². The van der Waals surface area contributed by atoms with E-state index in [1.165, 1.54) is 11.5 Å². The molecule has 0 bridgehead atoms. The van der Waals surface area contributed by atoms with Crippen molar-refractivity contribution >= 4 is 22.1 Å². The number of nitrogens with one attached hydrogen (secondary N) is 1. The Bertz CT molecular complexity index is 939. The summed E-state index contributed by atoms with van der Waals surface area (Å²) in [5, 5.41) is 16.9. The number of nitro groups is 1. The Morgan fingerprint density at radius 1 is 1.23 bits per heavy atom. The van der Waals surface area contributed by atoms with E-state index in [1.807, 2.05) is 30.6 Å². The molecule has 1 saturated heterocycles. The lowest BCUT2D eigenvalue weighted by Crippen LogP contribution is -2.26. The van der Waals surface area contributed by atoms with E-state index in [9.17, 15) is 10.1 Å². The van der Waals surface area contributed by atoms with E-state index in [-0.39, 0.29) is 10.6 Å². The standard InChI is InChI=1S/C20H20N4O2/c25-24(26)18-5-1-3-15(11-18)13-23-10-8-17(14-23)22-20-6-2-4-16-12-21-9-7-19(16)20/h1-7,9,11-12,17,22H,8,10,13-14H2/t17-/m1/s1. The average Bonchev–Trinajstić information content (AvgIpc) is 3.09. The number of aromatic nitrogens is 1. The number of benzene rings is 2. The van der Waals surface area contributed by atoms with E-state index >= 15 is 0 Å². The maximum atomic E-state index is 10.9. The summed E-state index contributed by atoms with van der Waals surface area (Å²) in [6, 6.07) is 15.5. The molecular weight excluding hydrogens is 328 g/mol. The number of anilines is 1. The summed E-state index contributed by atoms with van der Waals surface area (Å²) in [6.45, 7) is 2.64. The van der Waals surface area contributed by atoms with E-state index in [2.05, 4.69) is 27.3 Å². The SMILES string of the molecule is O=[N+]([O-])c1cccc(CN2CC[C@@H](Nc3cccc4cnccc34)C2)c1. The molecular formula is C20H20N4O2. The third-order valence-corrected chi connectivity index (χ3v) is 4.84. The molecule has 6 nitrogen and oxygen atoms in total. The van der Waals surface area contributed by atoms with E-state index in [0.29, 0.717) is 6.04 Å². The second-order valence-electron chi connectivity index (χ2n) is 6.69. The number of fused-ring (bicyclic) bond motifs is 1. The van der Waals surface area contributed by atoms with Gasteiger partial charge in [0.25, 0.3) is 5.69 Å². The molecule has 1 aliphatic rings. The summed E-state index contributed by atoms with van der Waals surface area (Å²) in [6.07, 6.45) is 4.75. The van der Waals surface area contributed by atoms with Gasteiger partial charge in [-0.05, 0) is 24.1 Å². The Morgan fingerprint density at radius 2 is 2.12 bits per heavy atom. The van der Waals surface area contributed by atoms with Gasteiger partial charge < -0.3 is 5.32 Å². The van der Waals surface area contributed by atoms with Crippen molar-refractivity contribution in [3.05, 3.63) is 76.6 Å². The van der Waals surface area contributed by atoms with Gasteiger partial charge >= 0.3 is 0 Å². The minimum atomic E-state index is -0.340. The normalized spacial score (nSPS) is 17.5. The summed E-state index contributed by atoms with van der Waals surface area (Å²) in [4.78, 5) is 17.1. The van der Waals surface area contributed by atoms with Gasteiger partial charge in [0.1, 0.15) is 0 Å². The Balaban J connectivity index is 1.42. The van der Waals surface area contributed by atoms with Crippen molar-refractivity contribution in [1.29, 1.82) is 0 Å². The molecule has 0 saturated carbocycles. The minimum absolute atomic E-state index is 0.153. The van der Waals surface area contributed by atoms with Gasteiger partial charge in [-0.3, -0.25) is 20.0 Å². The number of rotatable bonds is 5. The highest BCUT2D eigenvalue weighted by atomic mass is 16.6. The lowest BCUT2D eigenvalue weighted by Gasteiger charge is -2.18. The lowest BCUT2D eigenvalue weighted by atomic mass is 10.1. The van der Waals surface area contributed by atoms with Crippen LogP contribution in [0.1, 0.15) is 12.0 Å². The summed E-state index contributed by atoms with van der Waals surface area (Å²) in [5.41, 5.74) is 2.27. The van der Waals surface area contributed by atoms with Crippen LogP contribution in [0.15, 0.2) is 60.9 Å². The molecule has 0 amide bonds. The number of nitro benzene ring substituents is 1. The fourth-order valence-corrected chi connectivity index (χ4v) is 3.59. The fourth-order valence-electron chi connectivity index (χ4n) is 3.59. The topological polar surface area (TPSA) is 71.3 Å². The molecule has 0 unspecified atom stereocenters. The molecule has 1 aromatic heterocycles. The first kappa shape index (κ1) is 16.5. The van der Waals surface area contributed by atoms with Crippen molar-refractivity contribution in [1.82, 2.24) is 9.88 Å². The zero-order valence-electron chi connectivity index (χ0n) is 14.3. The molecule has 26 heavy (non-hydrogen) atoms. The molecule has 1 N–H and O–H groups in total. The summed E-state index contributed by atoms with van der Waals surface area (Å²) in [5.74, 6) is 0. The minimum Gasteiger partial charge on any atom is -0.380 e. The molecule has 1 fully saturated rings. The monoisotopic (exact) mass is 348 g/mol. The number of nitrogens with zero attached hydrogens (tertiary/aromatic N) is 3. The van der Waals surface area contributed by atoms with E-state index in [4.69, 9.17) is 0 Å². The highest BCUT2D eigenvalue weighted by Gasteiger charge is 2.23. The van der Waals surface area contributed by atoms with Crippen molar-refractivity contribution in [2.75, 3.05) is 18.4 Å². The Hall–Kier alpha value is -2.99. The van der Waals surface area contributed by atoms with Gasteiger partial charge in [0.05, 0.1) is 4.92 Å². The average molecular weight is 348 g/mol. The molecule has 1 atom stereocenters. The van der Waals surface area contributed by atoms with Crippen molar-refractivity contribution in [3.63, 3.8) is 0 Å². The highest BCUT2D eigenvalue weighted by Crippen LogP contribution is 2.25. The first-order valence-electron chi connectivity index (χ1n) is 8.74. The van der Waals surface area contributed by atoms with Crippen LogP contribution in [0, 0.1) is 10.1 Å². The third-order valence-electron chi connectivity index (χ3n) is 4.84. The maximum absolute atomic E-state index is 10.9. The van der Waals surface area contributed by atoms with Crippen molar-refractivity contribution in [2.24, 2.45) is 0 Å². The predicted molar refractivity (Wildman–Crippen MR) is 102 cm³/mol. The smallest absolute Gasteiger partial charge is 0.269 e. The first-order chi connectivity index (χ1) is 12.7. The largest absolute Gasteiger partial charge is 0.380 e. The second kappa shape index (κ2) is 7.09. The van der Waals surface area contributed by atoms with E-state index in [1.54, 1.807) is 12.1 Å². The Morgan fingerprint density at radius 3 is 3.00 bits per heavy atom. The summed E-state index contributed by atoms with van der Waals surface area (Å²) >= 11 is 0. The number of pyridine rings is 1. The zero-order valence-corrected chi connectivity index (χ0v) is 14.3. The maximum Gasteiger partial charge on any atom is 0.269 e. The van der Waals surface area contributed by atoms with Gasteiger partial charge in [-0.2, -0.15) is 0 Å². The molecule has 6 heteroatoms. The van der Waals surface area contributed by atoms with Gasteiger partial charge in [0.2, 0.25) is 0 Å². The fraction of sp³-hybridized carbons (Fsp3) is 0.250. The Labute approximate surface area is 151 Å². The van der Waals surface area contributed by atoms with Crippen molar-refractivity contribution in [2.45, 2.75) is 19.0 Å². The van der Waals surface area contributed by atoms with Crippen LogP contribution in [0.5, 0.6) is 0 Å². The third kappa shape index (κ3) is 3.50. The predicted octanol–water partition coefficient (Wildman–Crippen LogP) is 3.83. The molecule has 132 valence electrons. The van der Waals surface area contributed by atoms with E-state index < -0.39 is 0 Å². The van der Waals surface area contributed by atoms with Gasteiger partial charge in [0.15, 0.2) is 0 Å². The van der Waals surface area contributed by atoms with Crippen LogP contribution in [0.3, 0.4) is 0 Å². The molecule has 0 spiro atoms. The van der Waals surface area contributed by atoms with Crippen LogP contribution in [0.2, 0.25) is 0 Å². The molecule has 2 heterocycles. The van der Waals surface area contributed by atoms with Crippen molar-refractivity contribution in [3.8, 4) is 0 Å². The molecule has 0 radical (unpaired) electrons. The quantitative estimate of drug-likeness (QED) is 0.560. The molecule has 1 aliphatic heterocycles. The number of hydrogen-bond donors (Lipinski definition) is 1. The molecule has 0 aliphatic carbocycles. The van der Waals surface area contributed by atoms with Crippen LogP contribution >= 0.6 is 0 Å². The number of likely N-dealkylation sites (tertiary alicyclic amines) is 1. The molecule has 4 rings (SSSR count). The van der Waals surface area contributed by atoms with Gasteiger partial charge in [-0.25, -0.2) is 0 Å². The van der Waals surface area contributed by atoms with Gasteiger partial charge in [-0.1, -0.05) is 24.3 Å². The summed E-state index contributed by atoms with van der Waals surface area (Å²) < 4.78 is 0. The molecule has 3 aromatic rings. The Kier molecular flexibility index (Phi) is 4.50. The highest BCUT2D eigenvalue weighted by molar-refractivity contribution is 5.93. The zero-order chi connectivity index (χ0) is 17.9. The molecule has 2 aromatic carbocycles. The first-order valence-corrected chi connectivity index (χ1v) is 8.74. The van der Waals surface area contributed by atoms with Crippen LogP contribution in [-0.2, 0) is 6.54 Å². The van der Waals surface area contributed by atoms with Gasteiger partial charge in [-0.15, -0.1) is 0 Å². The van der Waals surface area contributed by atoms with Gasteiger partial charge in [0, 0.05) is 66.7 Å². The van der Waals surface area contributed by atoms with Crippen LogP contribution in [0.4, 0.5) is 11.4 Å². The second-order valence-corrected chi connectivity index (χ2v) is 6.69. The number of hydrogen-bond acceptors (Lipinski definition) is 5. The van der Waals surface area contributed by atoms with Crippen LogP contribution < -0.4 is 5.32 Å². The van der Waals surface area contributed by atoms with Crippen LogP contribution in [-0.4, -0.2) is 33.9 Å². The lowest BCUT2D eigenvalue weighted by molar-refractivity contribution is -0.384.